The third-order valence-corrected chi connectivity index (χ3v) is 3.76. The fourth-order valence-corrected chi connectivity index (χ4v) is 2.73. The largest absolute Gasteiger partial charge is 0.496 e. The molecule has 0 fully saturated rings. The molecule has 0 saturated carbocycles. The molecule has 0 bridgehead atoms. The van der Waals surface area contributed by atoms with Crippen molar-refractivity contribution in [3.63, 3.8) is 0 Å². The lowest BCUT2D eigenvalue weighted by atomic mass is 10.00. The molecule has 0 spiro atoms. The maximum absolute atomic E-state index is 11.3. The molecular formula is C15H17N3O3. The first-order chi connectivity index (χ1) is 10.2. The molecule has 1 aliphatic heterocycles. The highest BCUT2D eigenvalue weighted by atomic mass is 16.5. The van der Waals surface area contributed by atoms with Gasteiger partial charge < -0.3 is 9.84 Å². The van der Waals surface area contributed by atoms with Crippen LogP contribution in [0.15, 0.2) is 24.3 Å². The molecule has 6 nitrogen and oxygen atoms in total. The van der Waals surface area contributed by atoms with Crippen LogP contribution in [-0.4, -0.2) is 33.0 Å². The quantitative estimate of drug-likeness (QED) is 0.928. The Kier molecular flexibility index (Phi) is 3.60. The highest BCUT2D eigenvalue weighted by Gasteiger charge is 2.29. The van der Waals surface area contributed by atoms with Gasteiger partial charge in [0.05, 0.1) is 7.11 Å². The molecule has 3 rings (SSSR count). The van der Waals surface area contributed by atoms with Gasteiger partial charge in [0, 0.05) is 18.5 Å². The van der Waals surface area contributed by atoms with Crippen molar-refractivity contribution in [2.24, 2.45) is 0 Å². The van der Waals surface area contributed by atoms with Crippen molar-refractivity contribution in [3.8, 4) is 5.75 Å². The van der Waals surface area contributed by atoms with E-state index in [0.717, 1.165) is 24.3 Å². The summed E-state index contributed by atoms with van der Waals surface area (Å²) in [5.74, 6) is 0.631. The van der Waals surface area contributed by atoms with E-state index in [2.05, 4.69) is 10.1 Å². The number of carboxylic acids is 1. The lowest BCUT2D eigenvalue weighted by Gasteiger charge is -2.17. The maximum Gasteiger partial charge on any atom is 0.314 e. The van der Waals surface area contributed by atoms with Crippen molar-refractivity contribution < 1.29 is 14.6 Å². The topological polar surface area (TPSA) is 77.2 Å². The Bertz CT molecular complexity index is 666. The summed E-state index contributed by atoms with van der Waals surface area (Å²) < 4.78 is 7.05. The van der Waals surface area contributed by atoms with E-state index >= 15 is 0 Å². The Labute approximate surface area is 122 Å². The fourth-order valence-electron chi connectivity index (χ4n) is 2.73. The molecule has 6 heteroatoms. The van der Waals surface area contributed by atoms with Crippen molar-refractivity contribution in [1.82, 2.24) is 14.8 Å². The standard InChI is InChI=1S/C15H17N3O3/c1-21-12-7-3-2-5-10(12)9-13-16-14-11(15(19)20)6-4-8-18(14)17-13/h2-3,5,7,11H,4,6,8-9H2,1H3,(H,19,20). The van der Waals surface area contributed by atoms with Gasteiger partial charge in [-0.3, -0.25) is 4.79 Å². The molecule has 1 aliphatic rings. The lowest BCUT2D eigenvalue weighted by molar-refractivity contribution is -0.139. The van der Waals surface area contributed by atoms with Gasteiger partial charge in [-0.25, -0.2) is 9.67 Å². The summed E-state index contributed by atoms with van der Waals surface area (Å²) in [6.45, 7) is 0.734. The van der Waals surface area contributed by atoms with Crippen LogP contribution in [0.5, 0.6) is 5.75 Å². The molecule has 0 radical (unpaired) electrons. The fraction of sp³-hybridized carbons (Fsp3) is 0.400. The van der Waals surface area contributed by atoms with Crippen LogP contribution >= 0.6 is 0 Å². The highest BCUT2D eigenvalue weighted by molar-refractivity contribution is 5.75. The molecule has 1 atom stereocenters. The lowest BCUT2D eigenvalue weighted by Crippen LogP contribution is -2.22. The van der Waals surface area contributed by atoms with Crippen LogP contribution in [-0.2, 0) is 17.8 Å². The molecule has 1 aromatic heterocycles. The number of ether oxygens (including phenoxy) is 1. The number of aromatic nitrogens is 3. The van der Waals surface area contributed by atoms with Gasteiger partial charge in [0.2, 0.25) is 0 Å². The smallest absolute Gasteiger partial charge is 0.314 e. The Morgan fingerprint density at radius 2 is 2.29 bits per heavy atom. The minimum absolute atomic E-state index is 0.538. The summed E-state index contributed by atoms with van der Waals surface area (Å²) in [6, 6.07) is 7.71. The second kappa shape index (κ2) is 5.55. The van der Waals surface area contributed by atoms with Crippen molar-refractivity contribution in [3.05, 3.63) is 41.5 Å². The van der Waals surface area contributed by atoms with E-state index in [0.29, 0.717) is 24.5 Å². The molecule has 0 amide bonds. The van der Waals surface area contributed by atoms with E-state index in [4.69, 9.17) is 4.74 Å². The number of aliphatic carboxylic acids is 1. The predicted octanol–water partition coefficient (Wildman–Crippen LogP) is 1.84. The van der Waals surface area contributed by atoms with Crippen LogP contribution in [0.2, 0.25) is 0 Å². The number of hydrogen-bond donors (Lipinski definition) is 1. The van der Waals surface area contributed by atoms with E-state index in [1.165, 1.54) is 0 Å². The van der Waals surface area contributed by atoms with Gasteiger partial charge in [-0.2, -0.15) is 5.10 Å². The Morgan fingerprint density at radius 3 is 3.05 bits per heavy atom. The predicted molar refractivity (Wildman–Crippen MR) is 75.4 cm³/mol. The first-order valence-corrected chi connectivity index (χ1v) is 6.97. The van der Waals surface area contributed by atoms with Gasteiger partial charge in [-0.1, -0.05) is 18.2 Å². The van der Waals surface area contributed by atoms with Gasteiger partial charge in [-0.05, 0) is 18.9 Å². The molecule has 2 heterocycles. The summed E-state index contributed by atoms with van der Waals surface area (Å²) in [4.78, 5) is 15.7. The van der Waals surface area contributed by atoms with Crippen molar-refractivity contribution in [2.75, 3.05) is 7.11 Å². The van der Waals surface area contributed by atoms with Crippen molar-refractivity contribution in [1.29, 1.82) is 0 Å². The average Bonchev–Trinajstić information content (AvgIpc) is 2.89. The second-order valence-corrected chi connectivity index (χ2v) is 5.13. The van der Waals surface area contributed by atoms with Gasteiger partial charge in [0.1, 0.15) is 17.5 Å². The zero-order valence-corrected chi connectivity index (χ0v) is 11.8. The summed E-state index contributed by atoms with van der Waals surface area (Å²) in [6.07, 6.45) is 1.99. The number of carboxylic acid groups (broad SMARTS) is 1. The molecule has 1 aromatic carbocycles. The third kappa shape index (κ3) is 2.61. The molecule has 21 heavy (non-hydrogen) atoms. The van der Waals surface area contributed by atoms with Crippen LogP contribution in [0, 0.1) is 0 Å². The van der Waals surface area contributed by atoms with E-state index in [1.807, 2.05) is 24.3 Å². The summed E-state index contributed by atoms with van der Waals surface area (Å²) >= 11 is 0. The number of carbonyl (C=O) groups is 1. The van der Waals surface area contributed by atoms with Gasteiger partial charge in [0.15, 0.2) is 5.82 Å². The van der Waals surface area contributed by atoms with Gasteiger partial charge in [0.25, 0.3) is 0 Å². The van der Waals surface area contributed by atoms with Crippen LogP contribution < -0.4 is 4.74 Å². The van der Waals surface area contributed by atoms with E-state index in [1.54, 1.807) is 11.8 Å². The van der Waals surface area contributed by atoms with Crippen molar-refractivity contribution in [2.45, 2.75) is 31.7 Å². The Hall–Kier alpha value is -2.37. The number of rotatable bonds is 4. The summed E-state index contributed by atoms with van der Waals surface area (Å²) in [5, 5.41) is 13.7. The number of hydrogen-bond acceptors (Lipinski definition) is 4. The zero-order chi connectivity index (χ0) is 14.8. The van der Waals surface area contributed by atoms with Crippen LogP contribution in [0.3, 0.4) is 0 Å². The summed E-state index contributed by atoms with van der Waals surface area (Å²) in [5.41, 5.74) is 0.995. The van der Waals surface area contributed by atoms with Crippen LogP contribution in [0.1, 0.15) is 36.0 Å². The Morgan fingerprint density at radius 1 is 1.48 bits per heavy atom. The molecule has 1 unspecified atom stereocenters. The zero-order valence-electron chi connectivity index (χ0n) is 11.8. The first-order valence-electron chi connectivity index (χ1n) is 6.97. The molecular weight excluding hydrogens is 270 g/mol. The number of para-hydroxylation sites is 1. The highest BCUT2D eigenvalue weighted by Crippen LogP contribution is 2.27. The minimum Gasteiger partial charge on any atom is -0.496 e. The SMILES string of the molecule is COc1ccccc1Cc1nc2n(n1)CCCC2C(=O)O. The van der Waals surface area contributed by atoms with Crippen LogP contribution in [0.4, 0.5) is 0 Å². The number of nitrogens with zero attached hydrogens (tertiary/aromatic N) is 3. The van der Waals surface area contributed by atoms with E-state index in [9.17, 15) is 9.90 Å². The molecule has 1 N–H and O–H groups in total. The normalized spacial score (nSPS) is 17.3. The number of aryl methyl sites for hydroxylation is 1. The first kappa shape index (κ1) is 13.6. The third-order valence-electron chi connectivity index (χ3n) is 3.76. The van der Waals surface area contributed by atoms with E-state index < -0.39 is 11.9 Å². The van der Waals surface area contributed by atoms with Gasteiger partial charge >= 0.3 is 5.97 Å². The maximum atomic E-state index is 11.3. The number of fused-ring (bicyclic) bond motifs is 1. The molecule has 0 aliphatic carbocycles. The minimum atomic E-state index is -0.827. The summed E-state index contributed by atoms with van der Waals surface area (Å²) in [7, 11) is 1.63. The monoisotopic (exact) mass is 287 g/mol. The Balaban J connectivity index is 1.89. The second-order valence-electron chi connectivity index (χ2n) is 5.13. The molecule has 2 aromatic rings. The number of methoxy groups -OCH3 is 1. The van der Waals surface area contributed by atoms with E-state index in [-0.39, 0.29) is 0 Å². The molecule has 110 valence electrons. The van der Waals surface area contributed by atoms with Crippen LogP contribution in [0.25, 0.3) is 0 Å². The van der Waals surface area contributed by atoms with Gasteiger partial charge in [-0.15, -0.1) is 0 Å². The van der Waals surface area contributed by atoms with Crippen molar-refractivity contribution >= 4 is 5.97 Å². The average molecular weight is 287 g/mol. The number of benzene rings is 1. The molecule has 0 saturated heterocycles.